The summed E-state index contributed by atoms with van der Waals surface area (Å²) in [7, 11) is 0. The van der Waals surface area contributed by atoms with E-state index >= 15 is 0 Å². The normalized spacial score (nSPS) is 30.7. The smallest absolute Gasteiger partial charge is 0.417 e. The number of amides is 2. The van der Waals surface area contributed by atoms with Gasteiger partial charge in [0.25, 0.3) is 0 Å². The van der Waals surface area contributed by atoms with Crippen LogP contribution < -0.4 is 0 Å². The van der Waals surface area contributed by atoms with Crippen LogP contribution in [0.4, 0.5) is 4.79 Å². The SMILES string of the molecule is CC(C)[C@@H]1CC[C@@H](C)C[C@H]1OC(=O)C1CCC(=O)C1.O=C1CCC(C(=O)N2C(=O)OC[C@H]2c2ccccc2)C1. The fourth-order valence-corrected chi connectivity index (χ4v) is 6.32. The number of benzene rings is 1. The van der Waals surface area contributed by atoms with Crippen molar-refractivity contribution in [1.29, 1.82) is 0 Å². The van der Waals surface area contributed by atoms with Crippen LogP contribution in [0.2, 0.25) is 0 Å². The van der Waals surface area contributed by atoms with Crippen molar-refractivity contribution in [3.05, 3.63) is 35.9 Å². The molecule has 1 saturated heterocycles. The van der Waals surface area contributed by atoms with Gasteiger partial charge >= 0.3 is 12.1 Å². The summed E-state index contributed by atoms with van der Waals surface area (Å²) in [5, 5.41) is 0. The molecule has 1 aromatic rings. The van der Waals surface area contributed by atoms with Crippen LogP contribution in [0.5, 0.6) is 0 Å². The van der Waals surface area contributed by atoms with Crippen LogP contribution in [0.3, 0.4) is 0 Å². The summed E-state index contributed by atoms with van der Waals surface area (Å²) in [5.41, 5.74) is 0.871. The molecule has 2 amide bonds. The van der Waals surface area contributed by atoms with Crippen molar-refractivity contribution in [2.45, 2.75) is 90.7 Å². The Hall–Kier alpha value is -3.03. The first-order chi connectivity index (χ1) is 18.6. The molecular weight excluding hydrogens is 498 g/mol. The molecule has 5 rings (SSSR count). The lowest BCUT2D eigenvalue weighted by Gasteiger charge is -2.37. The predicted octanol–water partition coefficient (Wildman–Crippen LogP) is 5.44. The van der Waals surface area contributed by atoms with Gasteiger partial charge in [0.15, 0.2) is 0 Å². The van der Waals surface area contributed by atoms with E-state index in [-0.39, 0.29) is 60.5 Å². The number of hydrogen-bond donors (Lipinski definition) is 0. The minimum Gasteiger partial charge on any atom is -0.462 e. The van der Waals surface area contributed by atoms with Gasteiger partial charge in [-0.1, -0.05) is 57.5 Å². The molecule has 0 aromatic heterocycles. The number of nitrogens with zero attached hydrogens (tertiary/aromatic N) is 1. The van der Waals surface area contributed by atoms with Crippen LogP contribution in [-0.4, -0.2) is 47.1 Å². The van der Waals surface area contributed by atoms with E-state index in [1.807, 2.05) is 30.3 Å². The van der Waals surface area contributed by atoms with E-state index in [0.717, 1.165) is 18.4 Å². The number of carbonyl (C=O) groups excluding carboxylic acids is 5. The molecule has 2 unspecified atom stereocenters. The zero-order chi connectivity index (χ0) is 28.1. The molecule has 0 bridgehead atoms. The van der Waals surface area contributed by atoms with Crippen LogP contribution >= 0.6 is 0 Å². The third kappa shape index (κ3) is 7.14. The largest absolute Gasteiger partial charge is 0.462 e. The molecular formula is C31H41NO7. The number of imide groups is 1. The van der Waals surface area contributed by atoms with E-state index in [2.05, 4.69) is 20.8 Å². The van der Waals surface area contributed by atoms with Crippen molar-refractivity contribution in [3.8, 4) is 0 Å². The zero-order valence-corrected chi connectivity index (χ0v) is 23.3. The van der Waals surface area contributed by atoms with Gasteiger partial charge < -0.3 is 9.47 Å². The van der Waals surface area contributed by atoms with Crippen LogP contribution in [0, 0.1) is 29.6 Å². The Balaban J connectivity index is 0.000000181. The van der Waals surface area contributed by atoms with E-state index in [1.165, 1.54) is 11.3 Å². The standard InChI is InChI=1S/C16H26O3.C15H15NO4/c1-10(2)14-7-4-11(3)8-15(14)19-16(18)12-5-6-13(17)9-12;17-12-7-6-11(8-12)14(18)16-13(9-20-15(16)19)10-4-2-1-3-5-10/h10-12,14-15H,4-9H2,1-3H3;1-5,11,13H,6-9H2/t11-,12?,14+,15-;11?,13-/m10/s1. The Kier molecular flexibility index (Phi) is 9.57. The van der Waals surface area contributed by atoms with Crippen molar-refractivity contribution in [2.24, 2.45) is 29.6 Å². The third-order valence-corrected chi connectivity index (χ3v) is 8.70. The molecule has 8 nitrogen and oxygen atoms in total. The van der Waals surface area contributed by atoms with Gasteiger partial charge in [-0.25, -0.2) is 9.69 Å². The van der Waals surface area contributed by atoms with Crippen LogP contribution in [0.25, 0.3) is 0 Å². The number of esters is 1. The van der Waals surface area contributed by atoms with Gasteiger partial charge in [-0.2, -0.15) is 0 Å². The molecule has 4 aliphatic rings. The van der Waals surface area contributed by atoms with Gasteiger partial charge in [-0.05, 0) is 49.0 Å². The third-order valence-electron chi connectivity index (χ3n) is 8.70. The monoisotopic (exact) mass is 539 g/mol. The summed E-state index contributed by atoms with van der Waals surface area (Å²) in [4.78, 5) is 60.2. The average molecular weight is 540 g/mol. The number of hydrogen-bond acceptors (Lipinski definition) is 7. The maximum atomic E-state index is 12.5. The molecule has 3 aliphatic carbocycles. The quantitative estimate of drug-likeness (QED) is 0.459. The van der Waals surface area contributed by atoms with Crippen molar-refractivity contribution in [3.63, 3.8) is 0 Å². The van der Waals surface area contributed by atoms with Crippen LogP contribution in [0.15, 0.2) is 30.3 Å². The molecule has 212 valence electrons. The number of Topliss-reactive ketones (excluding diaryl/α,β-unsaturated/α-hetero) is 2. The Labute approximate surface area is 230 Å². The second kappa shape index (κ2) is 12.9. The molecule has 4 fully saturated rings. The number of cyclic esters (lactones) is 1. The topological polar surface area (TPSA) is 107 Å². The molecule has 1 aromatic carbocycles. The van der Waals surface area contributed by atoms with Gasteiger partial charge in [0.2, 0.25) is 5.91 Å². The van der Waals surface area contributed by atoms with E-state index in [1.54, 1.807) is 0 Å². The highest BCUT2D eigenvalue weighted by Crippen LogP contribution is 2.37. The Morgan fingerprint density at radius 1 is 0.923 bits per heavy atom. The lowest BCUT2D eigenvalue weighted by Crippen LogP contribution is -2.38. The Morgan fingerprint density at radius 3 is 2.15 bits per heavy atom. The van der Waals surface area contributed by atoms with Gasteiger partial charge in [0.05, 0.1) is 5.92 Å². The van der Waals surface area contributed by atoms with Gasteiger partial charge in [-0.3, -0.25) is 19.2 Å². The average Bonchev–Trinajstić information content (AvgIpc) is 3.64. The maximum absolute atomic E-state index is 12.5. The number of ketones is 2. The fraction of sp³-hybridized carbons (Fsp3) is 0.645. The number of rotatable bonds is 5. The minimum absolute atomic E-state index is 0.0620. The number of ether oxygens (including phenoxy) is 2. The van der Waals surface area contributed by atoms with E-state index in [0.29, 0.717) is 49.9 Å². The second-order valence-corrected chi connectivity index (χ2v) is 12.0. The number of carbonyl (C=O) groups is 5. The first-order valence-corrected chi connectivity index (χ1v) is 14.4. The van der Waals surface area contributed by atoms with Crippen LogP contribution in [-0.2, 0) is 28.7 Å². The molecule has 39 heavy (non-hydrogen) atoms. The van der Waals surface area contributed by atoms with E-state index in [9.17, 15) is 24.0 Å². The second-order valence-electron chi connectivity index (χ2n) is 12.0. The Morgan fingerprint density at radius 2 is 1.56 bits per heavy atom. The summed E-state index contributed by atoms with van der Waals surface area (Å²) >= 11 is 0. The predicted molar refractivity (Wildman–Crippen MR) is 143 cm³/mol. The molecule has 8 heteroatoms. The molecule has 0 radical (unpaired) electrons. The summed E-state index contributed by atoms with van der Waals surface area (Å²) in [6.45, 7) is 6.83. The first-order valence-electron chi connectivity index (χ1n) is 14.4. The van der Waals surface area contributed by atoms with Crippen molar-refractivity contribution < 1.29 is 33.4 Å². The minimum atomic E-state index is -0.608. The highest BCUT2D eigenvalue weighted by atomic mass is 16.6. The summed E-state index contributed by atoms with van der Waals surface area (Å²) in [6, 6.07) is 8.95. The molecule has 6 atom stereocenters. The molecule has 1 aliphatic heterocycles. The van der Waals surface area contributed by atoms with Crippen molar-refractivity contribution >= 4 is 29.5 Å². The molecule has 0 spiro atoms. The van der Waals surface area contributed by atoms with E-state index in [4.69, 9.17) is 9.47 Å². The lowest BCUT2D eigenvalue weighted by molar-refractivity contribution is -0.161. The first kappa shape index (κ1) is 29.0. The fourth-order valence-electron chi connectivity index (χ4n) is 6.32. The zero-order valence-electron chi connectivity index (χ0n) is 23.3. The highest BCUT2D eigenvalue weighted by Gasteiger charge is 2.43. The molecule has 0 N–H and O–H groups in total. The van der Waals surface area contributed by atoms with Gasteiger partial charge in [0, 0.05) is 31.6 Å². The van der Waals surface area contributed by atoms with Gasteiger partial charge in [-0.15, -0.1) is 0 Å². The molecule has 3 saturated carbocycles. The maximum Gasteiger partial charge on any atom is 0.417 e. The van der Waals surface area contributed by atoms with Gasteiger partial charge in [0.1, 0.15) is 30.3 Å². The highest BCUT2D eigenvalue weighted by molar-refractivity contribution is 5.98. The molecule has 1 heterocycles. The lowest BCUT2D eigenvalue weighted by atomic mass is 9.75. The summed E-state index contributed by atoms with van der Waals surface area (Å²) in [6.07, 6.45) is 5.65. The van der Waals surface area contributed by atoms with Crippen molar-refractivity contribution in [2.75, 3.05) is 6.61 Å². The Bertz CT molecular complexity index is 1070. The summed E-state index contributed by atoms with van der Waals surface area (Å²) < 4.78 is 10.8. The van der Waals surface area contributed by atoms with E-state index < -0.39 is 6.09 Å². The summed E-state index contributed by atoms with van der Waals surface area (Å²) in [5.74, 6) is 1.01. The van der Waals surface area contributed by atoms with Crippen LogP contribution in [0.1, 0.15) is 90.2 Å². The van der Waals surface area contributed by atoms with Crippen molar-refractivity contribution in [1.82, 2.24) is 4.90 Å².